The lowest BCUT2D eigenvalue weighted by molar-refractivity contribution is -0.167. The van der Waals surface area contributed by atoms with Gasteiger partial charge in [-0.2, -0.15) is 0 Å². The van der Waals surface area contributed by atoms with Crippen molar-refractivity contribution >= 4 is 17.9 Å². The Morgan fingerprint density at radius 2 is 0.470 bits per heavy atom. The van der Waals surface area contributed by atoms with Gasteiger partial charge in [0, 0.05) is 19.3 Å². The van der Waals surface area contributed by atoms with E-state index in [1.54, 1.807) is 0 Å². The van der Waals surface area contributed by atoms with Crippen LogP contribution in [-0.4, -0.2) is 37.2 Å². The molecule has 83 heavy (non-hydrogen) atoms. The first-order valence-electron chi connectivity index (χ1n) is 36.4. The van der Waals surface area contributed by atoms with Crippen molar-refractivity contribution in [3.8, 4) is 0 Å². The van der Waals surface area contributed by atoms with Gasteiger partial charge in [0.25, 0.3) is 0 Å². The van der Waals surface area contributed by atoms with Gasteiger partial charge in [-0.05, 0) is 70.6 Å². The van der Waals surface area contributed by atoms with Gasteiger partial charge in [-0.1, -0.05) is 363 Å². The second kappa shape index (κ2) is 71.3. The molecule has 1 atom stereocenters. The van der Waals surface area contributed by atoms with E-state index in [1.165, 1.54) is 231 Å². The van der Waals surface area contributed by atoms with Crippen LogP contribution in [-0.2, 0) is 28.6 Å². The highest BCUT2D eigenvalue weighted by Crippen LogP contribution is 2.19. The van der Waals surface area contributed by atoms with E-state index in [0.29, 0.717) is 19.3 Å². The van der Waals surface area contributed by atoms with E-state index in [1.807, 2.05) is 0 Å². The number of allylic oxidation sites excluding steroid dienone is 12. The highest BCUT2D eigenvalue weighted by Gasteiger charge is 2.19. The van der Waals surface area contributed by atoms with Crippen LogP contribution in [0.25, 0.3) is 0 Å². The van der Waals surface area contributed by atoms with Crippen LogP contribution in [0.15, 0.2) is 72.9 Å². The molecular formula is C77H138O6. The number of hydrogen-bond donors (Lipinski definition) is 0. The van der Waals surface area contributed by atoms with Crippen molar-refractivity contribution in [1.82, 2.24) is 0 Å². The summed E-state index contributed by atoms with van der Waals surface area (Å²) >= 11 is 0. The fourth-order valence-electron chi connectivity index (χ4n) is 10.8. The molecule has 0 amide bonds. The summed E-state index contributed by atoms with van der Waals surface area (Å²) in [6.07, 6.45) is 93.8. The van der Waals surface area contributed by atoms with E-state index in [9.17, 15) is 14.4 Å². The first-order chi connectivity index (χ1) is 41.0. The van der Waals surface area contributed by atoms with E-state index in [0.717, 1.165) is 109 Å². The van der Waals surface area contributed by atoms with E-state index in [4.69, 9.17) is 14.2 Å². The smallest absolute Gasteiger partial charge is 0.306 e. The first kappa shape index (κ1) is 79.8. The minimum atomic E-state index is -0.788. The highest BCUT2D eigenvalue weighted by molar-refractivity contribution is 5.71. The van der Waals surface area contributed by atoms with E-state index in [-0.39, 0.29) is 31.1 Å². The second-order valence-corrected chi connectivity index (χ2v) is 24.5. The van der Waals surface area contributed by atoms with E-state index < -0.39 is 6.10 Å². The summed E-state index contributed by atoms with van der Waals surface area (Å²) in [5.41, 5.74) is 0. The highest BCUT2D eigenvalue weighted by atomic mass is 16.6. The van der Waals surface area contributed by atoms with Crippen molar-refractivity contribution < 1.29 is 28.6 Å². The van der Waals surface area contributed by atoms with Crippen molar-refractivity contribution in [1.29, 1.82) is 0 Å². The van der Waals surface area contributed by atoms with Gasteiger partial charge in [-0.25, -0.2) is 0 Å². The van der Waals surface area contributed by atoms with Crippen LogP contribution >= 0.6 is 0 Å². The van der Waals surface area contributed by atoms with Crippen molar-refractivity contribution in [2.45, 2.75) is 386 Å². The summed E-state index contributed by atoms with van der Waals surface area (Å²) in [6.45, 7) is 6.56. The lowest BCUT2D eigenvalue weighted by Gasteiger charge is -2.18. The maximum atomic E-state index is 12.9. The Balaban J connectivity index is 4.18. The van der Waals surface area contributed by atoms with E-state index >= 15 is 0 Å². The molecule has 0 aromatic heterocycles. The molecule has 0 aliphatic rings. The molecule has 0 radical (unpaired) electrons. The minimum absolute atomic E-state index is 0.0815. The van der Waals surface area contributed by atoms with Crippen molar-refractivity contribution in [2.24, 2.45) is 0 Å². The third-order valence-electron chi connectivity index (χ3n) is 16.2. The van der Waals surface area contributed by atoms with Crippen molar-refractivity contribution in [3.05, 3.63) is 72.9 Å². The molecule has 0 aromatic carbocycles. The Bertz CT molecular complexity index is 1520. The van der Waals surface area contributed by atoms with Crippen LogP contribution < -0.4 is 0 Å². The zero-order chi connectivity index (χ0) is 59.9. The Kier molecular flexibility index (Phi) is 68.6. The molecule has 482 valence electrons. The summed E-state index contributed by atoms with van der Waals surface area (Å²) in [4.78, 5) is 38.4. The molecular weight excluding hydrogens is 1020 g/mol. The van der Waals surface area contributed by atoms with Crippen LogP contribution in [0.5, 0.6) is 0 Å². The molecule has 0 heterocycles. The maximum absolute atomic E-state index is 12.9. The largest absolute Gasteiger partial charge is 0.462 e. The summed E-state index contributed by atoms with van der Waals surface area (Å²) in [5.74, 6) is -0.886. The third kappa shape index (κ3) is 69.5. The number of esters is 3. The predicted molar refractivity (Wildman–Crippen MR) is 362 cm³/mol. The Hall–Kier alpha value is -3.15. The monoisotopic (exact) mass is 1160 g/mol. The quantitative estimate of drug-likeness (QED) is 0.0261. The molecule has 0 aliphatic carbocycles. The second-order valence-electron chi connectivity index (χ2n) is 24.5. The molecule has 1 unspecified atom stereocenters. The lowest BCUT2D eigenvalue weighted by Crippen LogP contribution is -2.30. The molecule has 6 heteroatoms. The molecule has 0 aliphatic heterocycles. The number of ether oxygens (including phenoxy) is 3. The van der Waals surface area contributed by atoms with Crippen molar-refractivity contribution in [2.75, 3.05) is 13.2 Å². The molecule has 0 saturated carbocycles. The number of carbonyl (C=O) groups is 3. The summed E-state index contributed by atoms with van der Waals surface area (Å²) in [7, 11) is 0. The van der Waals surface area contributed by atoms with Crippen LogP contribution in [0.3, 0.4) is 0 Å². The van der Waals surface area contributed by atoms with Gasteiger partial charge in [0.15, 0.2) is 6.10 Å². The normalized spacial score (nSPS) is 12.5. The fraction of sp³-hybridized carbons (Fsp3) is 0.805. The number of carbonyl (C=O) groups excluding carboxylic acids is 3. The third-order valence-corrected chi connectivity index (χ3v) is 16.2. The predicted octanol–water partition coefficient (Wildman–Crippen LogP) is 25.2. The topological polar surface area (TPSA) is 78.9 Å². The maximum Gasteiger partial charge on any atom is 0.306 e. The van der Waals surface area contributed by atoms with Crippen LogP contribution in [0.2, 0.25) is 0 Å². The zero-order valence-electron chi connectivity index (χ0n) is 55.5. The molecule has 0 fully saturated rings. The van der Waals surface area contributed by atoms with Crippen LogP contribution in [0.4, 0.5) is 0 Å². The number of rotatable bonds is 67. The Morgan fingerprint density at radius 1 is 0.253 bits per heavy atom. The molecule has 0 bridgehead atoms. The van der Waals surface area contributed by atoms with Gasteiger partial charge >= 0.3 is 17.9 Å². The Morgan fingerprint density at radius 3 is 0.735 bits per heavy atom. The molecule has 6 nitrogen and oxygen atoms in total. The molecule has 0 rings (SSSR count). The molecule has 0 aromatic rings. The Labute approximate surface area is 516 Å². The molecule has 0 spiro atoms. The summed E-state index contributed by atoms with van der Waals surface area (Å²) < 4.78 is 16.9. The average Bonchev–Trinajstić information content (AvgIpc) is 3.48. The average molecular weight is 1160 g/mol. The summed E-state index contributed by atoms with van der Waals surface area (Å²) in [6, 6.07) is 0. The lowest BCUT2D eigenvalue weighted by atomic mass is 10.0. The number of unbranched alkanes of at least 4 members (excludes halogenated alkanes) is 44. The van der Waals surface area contributed by atoms with Gasteiger partial charge < -0.3 is 14.2 Å². The standard InChI is InChI=1S/C77H138O6/c1-4-7-10-13-16-19-22-24-26-28-30-32-34-35-36-37-38-39-40-41-43-44-46-48-50-52-55-58-61-64-67-70-76(79)82-73-74(72-81-75(78)69-66-63-60-57-54-21-18-15-12-9-6-3)83-77(80)71-68-65-62-59-56-53-51-49-47-45-42-33-31-29-27-25-23-20-17-14-11-8-5-2/h8,11,17,20,25,27,31,33,45,47,51,53,74H,4-7,9-10,12-16,18-19,21-24,26,28-30,32,34-44,46,48-50,52,54-73H2,1-3H3/b11-8-,20-17-,27-25-,33-31-,47-45-,53-51-. The first-order valence-corrected chi connectivity index (χ1v) is 36.4. The van der Waals surface area contributed by atoms with Crippen LogP contribution in [0.1, 0.15) is 380 Å². The fourth-order valence-corrected chi connectivity index (χ4v) is 10.8. The molecule has 0 N–H and O–H groups in total. The SMILES string of the molecule is CC/C=C\C/C=C\C/C=C\C/C=C\C/C=C\C/C=C\CCCCCCC(=O)OC(COC(=O)CCCCCCCCCCCCC)COC(=O)CCCCCCCCCCCCCCCCCCCCCCCCCCCCCCCCC. The minimum Gasteiger partial charge on any atom is -0.462 e. The van der Waals surface area contributed by atoms with Crippen molar-refractivity contribution in [3.63, 3.8) is 0 Å². The molecule has 0 saturated heterocycles. The number of hydrogen-bond acceptors (Lipinski definition) is 6. The van der Waals surface area contributed by atoms with Gasteiger partial charge in [0.1, 0.15) is 13.2 Å². The zero-order valence-corrected chi connectivity index (χ0v) is 55.5. The van der Waals surface area contributed by atoms with Gasteiger partial charge in [0.2, 0.25) is 0 Å². The van der Waals surface area contributed by atoms with Gasteiger partial charge in [0.05, 0.1) is 0 Å². The van der Waals surface area contributed by atoms with Gasteiger partial charge in [-0.3, -0.25) is 14.4 Å². The summed E-state index contributed by atoms with van der Waals surface area (Å²) in [5, 5.41) is 0. The van der Waals surface area contributed by atoms with E-state index in [2.05, 4.69) is 93.7 Å². The van der Waals surface area contributed by atoms with Gasteiger partial charge in [-0.15, -0.1) is 0 Å². The van der Waals surface area contributed by atoms with Crippen LogP contribution in [0, 0.1) is 0 Å².